The average Bonchev–Trinajstić information content (AvgIpc) is 2.21. The van der Waals surface area contributed by atoms with Gasteiger partial charge in [-0.3, -0.25) is 4.79 Å². The van der Waals surface area contributed by atoms with Crippen molar-refractivity contribution in [3.05, 3.63) is 12.2 Å². The molecule has 9 heteroatoms. The van der Waals surface area contributed by atoms with Crippen LogP contribution in [0.1, 0.15) is 13.3 Å². The van der Waals surface area contributed by atoms with Crippen LogP contribution in [0.2, 0.25) is 0 Å². The molecule has 0 aliphatic rings. The number of hydrogen-bond acceptors (Lipinski definition) is 4. The molecular weight excluding hydrogens is 279 g/mol. The lowest BCUT2D eigenvalue weighted by Crippen LogP contribution is -2.39. The molecule has 0 unspecified atom stereocenters. The number of alkyl halides is 5. The fourth-order valence-electron chi connectivity index (χ4n) is 0.746. The molecule has 0 aromatic heterocycles. The third-order valence-electron chi connectivity index (χ3n) is 1.71. The maximum atomic E-state index is 12.4. The van der Waals surface area contributed by atoms with E-state index < -0.39 is 43.7 Å². The van der Waals surface area contributed by atoms with Gasteiger partial charge >= 0.3 is 24.0 Å². The quantitative estimate of drug-likeness (QED) is 0.326. The van der Waals surface area contributed by atoms with Crippen LogP contribution in [0.15, 0.2) is 12.2 Å². The van der Waals surface area contributed by atoms with E-state index in [-0.39, 0.29) is 5.57 Å². The molecule has 110 valence electrons. The first kappa shape index (κ1) is 17.3. The van der Waals surface area contributed by atoms with Crippen LogP contribution in [0, 0.1) is 0 Å². The zero-order valence-electron chi connectivity index (χ0n) is 9.85. The number of ether oxygens (including phenoxy) is 2. The second-order valence-electron chi connectivity index (χ2n) is 3.52. The van der Waals surface area contributed by atoms with Gasteiger partial charge in [0.15, 0.2) is 0 Å². The van der Waals surface area contributed by atoms with Gasteiger partial charge in [0, 0.05) is 5.57 Å². The lowest BCUT2D eigenvalue weighted by atomic mass is 10.2. The van der Waals surface area contributed by atoms with Gasteiger partial charge in [-0.05, 0) is 6.92 Å². The van der Waals surface area contributed by atoms with Crippen molar-refractivity contribution < 1.29 is 41.0 Å². The predicted octanol–water partition coefficient (Wildman–Crippen LogP) is 2.24. The van der Waals surface area contributed by atoms with Crippen LogP contribution in [0.4, 0.5) is 22.0 Å². The molecule has 0 N–H and O–H groups in total. The SMILES string of the molecule is C=C(C)C(=O)OCCOC(=O)CC(F)(F)C(F)(F)F. The number of esters is 2. The van der Waals surface area contributed by atoms with Crippen molar-refractivity contribution in [3.8, 4) is 0 Å². The topological polar surface area (TPSA) is 52.6 Å². The Bertz CT molecular complexity index is 361. The van der Waals surface area contributed by atoms with Crippen LogP contribution < -0.4 is 0 Å². The first-order chi connectivity index (χ1) is 8.47. The predicted molar refractivity (Wildman–Crippen MR) is 52.4 cm³/mol. The number of carbonyl (C=O) groups excluding carboxylic acids is 2. The first-order valence-corrected chi connectivity index (χ1v) is 4.90. The molecule has 0 aromatic carbocycles. The molecule has 0 radical (unpaired) electrons. The first-order valence-electron chi connectivity index (χ1n) is 4.90. The molecule has 0 rings (SSSR count). The fourth-order valence-corrected chi connectivity index (χ4v) is 0.746. The van der Waals surface area contributed by atoms with Crippen molar-refractivity contribution in [1.29, 1.82) is 0 Å². The van der Waals surface area contributed by atoms with Crippen molar-refractivity contribution in [3.63, 3.8) is 0 Å². The Labute approximate surface area is 105 Å². The Morgan fingerprint density at radius 3 is 1.95 bits per heavy atom. The molecule has 19 heavy (non-hydrogen) atoms. The van der Waals surface area contributed by atoms with Crippen LogP contribution in [0.3, 0.4) is 0 Å². The average molecular weight is 290 g/mol. The molecule has 0 aliphatic heterocycles. The van der Waals surface area contributed by atoms with Crippen molar-refractivity contribution in [2.24, 2.45) is 0 Å². The molecule has 0 amide bonds. The molecule has 0 heterocycles. The standard InChI is InChI=1S/C10H11F5O4/c1-6(2)8(17)19-4-3-18-7(16)5-9(11,12)10(13,14)15/h1,3-5H2,2H3. The minimum atomic E-state index is -5.82. The maximum absolute atomic E-state index is 12.4. The van der Waals surface area contributed by atoms with E-state index in [9.17, 15) is 31.5 Å². The smallest absolute Gasteiger partial charge is 0.453 e. The molecule has 4 nitrogen and oxygen atoms in total. The highest BCUT2D eigenvalue weighted by molar-refractivity contribution is 5.86. The summed E-state index contributed by atoms with van der Waals surface area (Å²) in [7, 11) is 0. The third-order valence-corrected chi connectivity index (χ3v) is 1.71. The van der Waals surface area contributed by atoms with Crippen molar-refractivity contribution >= 4 is 11.9 Å². The van der Waals surface area contributed by atoms with E-state index >= 15 is 0 Å². The minimum absolute atomic E-state index is 0.0648. The number of carbonyl (C=O) groups is 2. The number of hydrogen-bond donors (Lipinski definition) is 0. The van der Waals surface area contributed by atoms with Crippen molar-refractivity contribution in [1.82, 2.24) is 0 Å². The maximum Gasteiger partial charge on any atom is 0.453 e. The molecular formula is C10H11F5O4. The van der Waals surface area contributed by atoms with Gasteiger partial charge in [-0.15, -0.1) is 0 Å². The summed E-state index contributed by atoms with van der Waals surface area (Å²) in [6.45, 7) is 3.50. The van der Waals surface area contributed by atoms with E-state index in [1.54, 1.807) is 0 Å². The van der Waals surface area contributed by atoms with Crippen LogP contribution in [0.5, 0.6) is 0 Å². The van der Waals surface area contributed by atoms with Crippen molar-refractivity contribution in [2.45, 2.75) is 25.4 Å². The molecule has 0 fully saturated rings. The summed E-state index contributed by atoms with van der Waals surface area (Å²) >= 11 is 0. The molecule has 0 saturated heterocycles. The van der Waals surface area contributed by atoms with Gasteiger partial charge in [0.2, 0.25) is 0 Å². The van der Waals surface area contributed by atoms with Gasteiger partial charge in [0.1, 0.15) is 19.6 Å². The Morgan fingerprint density at radius 1 is 1.05 bits per heavy atom. The van der Waals surface area contributed by atoms with Crippen molar-refractivity contribution in [2.75, 3.05) is 13.2 Å². The Hall–Kier alpha value is -1.67. The van der Waals surface area contributed by atoms with E-state index in [2.05, 4.69) is 16.1 Å². The highest BCUT2D eigenvalue weighted by Crippen LogP contribution is 2.38. The lowest BCUT2D eigenvalue weighted by molar-refractivity contribution is -0.284. The van der Waals surface area contributed by atoms with Crippen LogP contribution in [0.25, 0.3) is 0 Å². The highest BCUT2D eigenvalue weighted by Gasteiger charge is 2.58. The number of halogens is 5. The summed E-state index contributed by atoms with van der Waals surface area (Å²) in [6.07, 6.45) is -7.94. The van der Waals surface area contributed by atoms with E-state index in [0.29, 0.717) is 0 Å². The Kier molecular flexibility index (Phi) is 5.91. The van der Waals surface area contributed by atoms with E-state index in [1.807, 2.05) is 0 Å². The highest BCUT2D eigenvalue weighted by atomic mass is 19.4. The minimum Gasteiger partial charge on any atom is -0.462 e. The summed E-state index contributed by atoms with van der Waals surface area (Å²) in [5.74, 6) is -7.69. The van der Waals surface area contributed by atoms with Gasteiger partial charge in [-0.2, -0.15) is 22.0 Å². The summed E-state index contributed by atoms with van der Waals surface area (Å²) in [5.41, 5.74) is 0.0648. The van der Waals surface area contributed by atoms with Gasteiger partial charge in [0.05, 0.1) is 0 Å². The molecule has 0 bridgehead atoms. The molecule has 0 spiro atoms. The summed E-state index contributed by atoms with van der Waals surface area (Å²) < 4.78 is 68.5. The molecule has 0 atom stereocenters. The second kappa shape index (κ2) is 6.48. The fraction of sp³-hybridized carbons (Fsp3) is 0.600. The van der Waals surface area contributed by atoms with E-state index in [0.717, 1.165) is 0 Å². The summed E-state index contributed by atoms with van der Waals surface area (Å²) in [4.78, 5) is 21.5. The molecule has 0 saturated carbocycles. The number of rotatable bonds is 6. The van der Waals surface area contributed by atoms with Gasteiger partial charge in [0.25, 0.3) is 0 Å². The van der Waals surface area contributed by atoms with Crippen LogP contribution in [-0.4, -0.2) is 37.3 Å². The van der Waals surface area contributed by atoms with Crippen LogP contribution in [-0.2, 0) is 19.1 Å². The van der Waals surface area contributed by atoms with Gasteiger partial charge < -0.3 is 9.47 Å². The Balaban J connectivity index is 4.02. The molecule has 0 aliphatic carbocycles. The van der Waals surface area contributed by atoms with Crippen LogP contribution >= 0.6 is 0 Å². The lowest BCUT2D eigenvalue weighted by Gasteiger charge is -2.18. The summed E-state index contributed by atoms with van der Waals surface area (Å²) in [5, 5.41) is 0. The zero-order valence-corrected chi connectivity index (χ0v) is 9.85. The zero-order chi connectivity index (χ0) is 15.3. The van der Waals surface area contributed by atoms with Gasteiger partial charge in [-0.25, -0.2) is 4.79 Å². The molecule has 0 aromatic rings. The van der Waals surface area contributed by atoms with E-state index in [1.165, 1.54) is 6.92 Å². The largest absolute Gasteiger partial charge is 0.462 e. The monoisotopic (exact) mass is 290 g/mol. The third kappa shape index (κ3) is 6.16. The Morgan fingerprint density at radius 2 is 1.53 bits per heavy atom. The summed E-state index contributed by atoms with van der Waals surface area (Å²) in [6, 6.07) is 0. The van der Waals surface area contributed by atoms with E-state index in [4.69, 9.17) is 0 Å². The second-order valence-corrected chi connectivity index (χ2v) is 3.52. The normalized spacial score (nSPS) is 11.9. The van der Waals surface area contributed by atoms with Gasteiger partial charge in [-0.1, -0.05) is 6.58 Å².